The van der Waals surface area contributed by atoms with Crippen LogP contribution in [0.4, 0.5) is 8.78 Å². The molecule has 1 aromatic carbocycles. The van der Waals surface area contributed by atoms with Crippen molar-refractivity contribution in [2.24, 2.45) is 0 Å². The van der Waals surface area contributed by atoms with Gasteiger partial charge in [0.05, 0.1) is 0 Å². The van der Waals surface area contributed by atoms with E-state index in [1.54, 1.807) is 6.92 Å². The van der Waals surface area contributed by atoms with Gasteiger partial charge in [0.1, 0.15) is 6.29 Å². The van der Waals surface area contributed by atoms with Crippen molar-refractivity contribution < 1.29 is 13.6 Å². The summed E-state index contributed by atoms with van der Waals surface area (Å²) in [6.07, 6.45) is 0.678. The monoisotopic (exact) mass is 248 g/mol. The van der Waals surface area contributed by atoms with E-state index in [0.29, 0.717) is 16.3 Å². The molecule has 70 valence electrons. The van der Waals surface area contributed by atoms with Crippen LogP contribution in [-0.2, 0) is 4.79 Å². The highest BCUT2D eigenvalue weighted by molar-refractivity contribution is 9.10. The number of aldehydes is 1. The van der Waals surface area contributed by atoms with Crippen LogP contribution in [-0.4, -0.2) is 6.29 Å². The van der Waals surface area contributed by atoms with Crippen LogP contribution in [0.25, 0.3) is 0 Å². The van der Waals surface area contributed by atoms with E-state index in [1.165, 1.54) is 0 Å². The van der Waals surface area contributed by atoms with E-state index < -0.39 is 17.6 Å². The molecular formula is C9H7BrF2O. The minimum atomic E-state index is -0.938. The fourth-order valence-corrected chi connectivity index (χ4v) is 1.64. The summed E-state index contributed by atoms with van der Waals surface area (Å²) < 4.78 is 25.8. The Kier molecular flexibility index (Phi) is 3.14. The molecule has 1 nitrogen and oxygen atoms in total. The first-order valence-corrected chi connectivity index (χ1v) is 4.45. The zero-order valence-corrected chi connectivity index (χ0v) is 8.44. The molecule has 0 bridgehead atoms. The van der Waals surface area contributed by atoms with E-state index >= 15 is 0 Å². The molecular weight excluding hydrogens is 242 g/mol. The Morgan fingerprint density at radius 3 is 2.46 bits per heavy atom. The summed E-state index contributed by atoms with van der Waals surface area (Å²) in [5.74, 6) is -2.30. The average Bonchev–Trinajstić information content (AvgIpc) is 2.10. The molecule has 0 aliphatic rings. The Morgan fingerprint density at radius 1 is 1.38 bits per heavy atom. The first-order valence-electron chi connectivity index (χ1n) is 3.66. The lowest BCUT2D eigenvalue weighted by atomic mass is 10.0. The van der Waals surface area contributed by atoms with Gasteiger partial charge in [0, 0.05) is 10.4 Å². The molecule has 0 aliphatic heterocycles. The number of halogens is 3. The largest absolute Gasteiger partial charge is 0.303 e. The summed E-state index contributed by atoms with van der Waals surface area (Å²) >= 11 is 3.06. The third-order valence-corrected chi connectivity index (χ3v) is 2.42. The van der Waals surface area contributed by atoms with Crippen LogP contribution in [0.3, 0.4) is 0 Å². The van der Waals surface area contributed by atoms with Crippen molar-refractivity contribution in [1.82, 2.24) is 0 Å². The first-order chi connectivity index (χ1) is 6.06. The maximum absolute atomic E-state index is 12.7. The van der Waals surface area contributed by atoms with E-state index in [4.69, 9.17) is 0 Å². The number of hydrogen-bond donors (Lipinski definition) is 0. The standard InChI is InChI=1S/C9H7BrF2O/c1-5(4-13)6-2-8(11)9(12)3-7(6)10/h2-5H,1H3. The van der Waals surface area contributed by atoms with Crippen LogP contribution in [0.2, 0.25) is 0 Å². The van der Waals surface area contributed by atoms with Crippen molar-refractivity contribution in [3.63, 3.8) is 0 Å². The van der Waals surface area contributed by atoms with Gasteiger partial charge in [-0.1, -0.05) is 22.9 Å². The number of benzene rings is 1. The number of rotatable bonds is 2. The van der Waals surface area contributed by atoms with E-state index in [9.17, 15) is 13.6 Å². The van der Waals surface area contributed by atoms with Crippen LogP contribution < -0.4 is 0 Å². The second kappa shape index (κ2) is 3.96. The van der Waals surface area contributed by atoms with Crippen molar-refractivity contribution in [3.05, 3.63) is 33.8 Å². The second-order valence-electron chi connectivity index (χ2n) is 2.71. The molecule has 1 aromatic rings. The van der Waals surface area contributed by atoms with Crippen molar-refractivity contribution >= 4 is 22.2 Å². The van der Waals surface area contributed by atoms with Gasteiger partial charge in [0.2, 0.25) is 0 Å². The molecule has 1 unspecified atom stereocenters. The van der Waals surface area contributed by atoms with Gasteiger partial charge in [-0.25, -0.2) is 8.78 Å². The molecule has 1 rings (SSSR count). The molecule has 0 fully saturated rings. The Hall–Kier alpha value is -0.770. The van der Waals surface area contributed by atoms with Crippen molar-refractivity contribution in [1.29, 1.82) is 0 Å². The molecule has 13 heavy (non-hydrogen) atoms. The van der Waals surface area contributed by atoms with Crippen LogP contribution in [0.5, 0.6) is 0 Å². The Balaban J connectivity index is 3.22. The van der Waals surface area contributed by atoms with Crippen LogP contribution in [0.1, 0.15) is 18.4 Å². The molecule has 0 N–H and O–H groups in total. The highest BCUT2D eigenvalue weighted by atomic mass is 79.9. The number of carbonyl (C=O) groups excluding carboxylic acids is 1. The van der Waals surface area contributed by atoms with E-state index in [1.807, 2.05) is 0 Å². The Labute approximate surface area is 82.9 Å². The molecule has 0 amide bonds. The summed E-state index contributed by atoms with van der Waals surface area (Å²) in [5, 5.41) is 0. The highest BCUT2D eigenvalue weighted by Crippen LogP contribution is 2.26. The summed E-state index contributed by atoms with van der Waals surface area (Å²) in [6.45, 7) is 1.62. The lowest BCUT2D eigenvalue weighted by molar-refractivity contribution is -0.108. The van der Waals surface area contributed by atoms with Crippen LogP contribution >= 0.6 is 15.9 Å². The summed E-state index contributed by atoms with van der Waals surface area (Å²) in [6, 6.07) is 2.04. The van der Waals surface area contributed by atoms with Gasteiger partial charge in [-0.05, 0) is 17.7 Å². The van der Waals surface area contributed by atoms with Gasteiger partial charge in [-0.15, -0.1) is 0 Å². The van der Waals surface area contributed by atoms with Gasteiger partial charge in [0.15, 0.2) is 11.6 Å². The summed E-state index contributed by atoms with van der Waals surface area (Å²) in [7, 11) is 0. The lowest BCUT2D eigenvalue weighted by Crippen LogP contribution is -1.98. The van der Waals surface area contributed by atoms with E-state index in [0.717, 1.165) is 12.1 Å². The van der Waals surface area contributed by atoms with Crippen LogP contribution in [0, 0.1) is 11.6 Å². The SMILES string of the molecule is CC(C=O)c1cc(F)c(F)cc1Br. The molecule has 0 radical (unpaired) electrons. The van der Waals surface area contributed by atoms with Crippen LogP contribution in [0.15, 0.2) is 16.6 Å². The number of hydrogen-bond acceptors (Lipinski definition) is 1. The summed E-state index contributed by atoms with van der Waals surface area (Å²) in [4.78, 5) is 10.4. The number of carbonyl (C=O) groups is 1. The zero-order valence-electron chi connectivity index (χ0n) is 6.85. The van der Waals surface area contributed by atoms with Gasteiger partial charge >= 0.3 is 0 Å². The van der Waals surface area contributed by atoms with E-state index in [2.05, 4.69) is 15.9 Å². The molecule has 0 aliphatic carbocycles. The van der Waals surface area contributed by atoms with Crippen molar-refractivity contribution in [2.75, 3.05) is 0 Å². The summed E-state index contributed by atoms with van der Waals surface area (Å²) in [5.41, 5.74) is 0.453. The topological polar surface area (TPSA) is 17.1 Å². The normalized spacial score (nSPS) is 12.6. The quantitative estimate of drug-likeness (QED) is 0.581. The Morgan fingerprint density at radius 2 is 1.92 bits per heavy atom. The fraction of sp³-hybridized carbons (Fsp3) is 0.222. The van der Waals surface area contributed by atoms with Gasteiger partial charge in [-0.2, -0.15) is 0 Å². The molecule has 0 saturated heterocycles. The zero-order chi connectivity index (χ0) is 10.0. The van der Waals surface area contributed by atoms with Crippen molar-refractivity contribution in [2.45, 2.75) is 12.8 Å². The lowest BCUT2D eigenvalue weighted by Gasteiger charge is -2.07. The predicted octanol–water partition coefficient (Wildman–Crippen LogP) is 3.03. The van der Waals surface area contributed by atoms with Crippen molar-refractivity contribution in [3.8, 4) is 0 Å². The molecule has 1 atom stereocenters. The predicted molar refractivity (Wildman–Crippen MR) is 48.5 cm³/mol. The molecule has 0 heterocycles. The fourth-order valence-electron chi connectivity index (χ4n) is 0.960. The maximum atomic E-state index is 12.7. The molecule has 0 aromatic heterocycles. The average molecular weight is 249 g/mol. The third-order valence-electron chi connectivity index (χ3n) is 1.73. The highest BCUT2D eigenvalue weighted by Gasteiger charge is 2.12. The molecule has 0 saturated carbocycles. The Bertz CT molecular complexity index is 339. The molecule has 0 spiro atoms. The van der Waals surface area contributed by atoms with Gasteiger partial charge in [-0.3, -0.25) is 0 Å². The minimum absolute atomic E-state index is 0.408. The smallest absolute Gasteiger partial charge is 0.159 e. The van der Waals surface area contributed by atoms with Gasteiger partial charge in [0.25, 0.3) is 0 Å². The third kappa shape index (κ3) is 2.12. The maximum Gasteiger partial charge on any atom is 0.159 e. The van der Waals surface area contributed by atoms with E-state index in [-0.39, 0.29) is 0 Å². The van der Waals surface area contributed by atoms with Gasteiger partial charge < -0.3 is 4.79 Å². The first kappa shape index (κ1) is 10.3. The second-order valence-corrected chi connectivity index (χ2v) is 3.57. The minimum Gasteiger partial charge on any atom is -0.303 e. The molecule has 4 heteroatoms.